The SMILES string of the molecule is [Ba+2].[H-].[H-].[Ti].[V].[W]. The molecule has 0 aromatic rings. The fourth-order valence-electron chi connectivity index (χ4n) is 0. The molecule has 0 rings (SSSR count). The van der Waals surface area contributed by atoms with Crippen LogP contribution in [0.15, 0.2) is 0 Å². The van der Waals surface area contributed by atoms with Crippen molar-refractivity contribution in [1.29, 1.82) is 0 Å². The van der Waals surface area contributed by atoms with Gasteiger partial charge in [-0.2, -0.15) is 0 Å². The second-order valence-electron chi connectivity index (χ2n) is 0. The van der Waals surface area contributed by atoms with Gasteiger partial charge in [0.05, 0.1) is 0 Å². The van der Waals surface area contributed by atoms with Crippen molar-refractivity contribution < 1.29 is 64.2 Å². The molecule has 0 aliphatic rings. The van der Waals surface area contributed by atoms with Gasteiger partial charge in [0, 0.05) is 61.3 Å². The van der Waals surface area contributed by atoms with E-state index < -0.39 is 0 Å². The maximum absolute atomic E-state index is 0. The van der Waals surface area contributed by atoms with Crippen molar-refractivity contribution in [2.75, 3.05) is 0 Å². The zero-order valence-corrected chi connectivity index (χ0v) is 12.4. The van der Waals surface area contributed by atoms with Crippen LogP contribution in [0, 0.1) is 0 Å². The molecule has 0 bridgehead atoms. The van der Waals surface area contributed by atoms with Gasteiger partial charge in [0.2, 0.25) is 0 Å². The average molecular weight is 422 g/mol. The van der Waals surface area contributed by atoms with Crippen molar-refractivity contribution in [3.05, 3.63) is 0 Å². The molecule has 0 unspecified atom stereocenters. The predicted molar refractivity (Wildman–Crippen MR) is 7.98 cm³/mol. The Morgan fingerprint density at radius 2 is 1.25 bits per heavy atom. The Hall–Kier alpha value is 3.56. The van der Waals surface area contributed by atoms with Gasteiger partial charge in [-0.25, -0.2) is 0 Å². The minimum Gasteiger partial charge on any atom is -1.00 e. The van der Waals surface area contributed by atoms with Gasteiger partial charge in [-0.1, -0.05) is 0 Å². The van der Waals surface area contributed by atoms with E-state index in [1.54, 1.807) is 0 Å². The Morgan fingerprint density at radius 1 is 1.25 bits per heavy atom. The average Bonchev–Trinajstić information content (AvgIpc) is 0. The van der Waals surface area contributed by atoms with E-state index in [0.29, 0.717) is 0 Å². The quantitative estimate of drug-likeness (QED) is 0.477. The summed E-state index contributed by atoms with van der Waals surface area (Å²) in [4.78, 5) is 0. The van der Waals surface area contributed by atoms with E-state index in [2.05, 4.69) is 0 Å². The maximum atomic E-state index is 0. The van der Waals surface area contributed by atoms with E-state index in [-0.39, 0.29) is 113 Å². The van der Waals surface area contributed by atoms with E-state index in [0.717, 1.165) is 0 Å². The molecule has 0 heterocycles. The van der Waals surface area contributed by atoms with E-state index in [1.807, 2.05) is 0 Å². The Balaban J connectivity index is 0. The van der Waals surface area contributed by atoms with Crippen molar-refractivity contribution in [1.82, 2.24) is 0 Å². The van der Waals surface area contributed by atoms with Crippen LogP contribution >= 0.6 is 0 Å². The monoisotopic (exact) mass is 423 g/mol. The molecule has 0 spiro atoms. The van der Waals surface area contributed by atoms with Gasteiger partial charge < -0.3 is 2.85 Å². The van der Waals surface area contributed by atoms with Gasteiger partial charge in [0.25, 0.3) is 0 Å². The van der Waals surface area contributed by atoms with Crippen molar-refractivity contribution in [2.45, 2.75) is 0 Å². The van der Waals surface area contributed by atoms with Crippen molar-refractivity contribution in [2.24, 2.45) is 0 Å². The van der Waals surface area contributed by atoms with Crippen LogP contribution in [0.25, 0.3) is 0 Å². The molecule has 0 saturated heterocycles. The van der Waals surface area contributed by atoms with Crippen LogP contribution in [0.5, 0.6) is 0 Å². The summed E-state index contributed by atoms with van der Waals surface area (Å²) in [6.07, 6.45) is 0. The molecule has 0 aliphatic heterocycles. The number of hydrogen-bond acceptors (Lipinski definition) is 0. The van der Waals surface area contributed by atoms with Crippen LogP contribution in [0.1, 0.15) is 2.85 Å². The second-order valence-corrected chi connectivity index (χ2v) is 0. The first-order valence-corrected chi connectivity index (χ1v) is 0. The smallest absolute Gasteiger partial charge is 1.00 e. The van der Waals surface area contributed by atoms with Gasteiger partial charge in [-0.3, -0.25) is 0 Å². The summed E-state index contributed by atoms with van der Waals surface area (Å²) in [5.41, 5.74) is 0. The topological polar surface area (TPSA) is 0 Å². The summed E-state index contributed by atoms with van der Waals surface area (Å²) >= 11 is 0. The summed E-state index contributed by atoms with van der Waals surface area (Å²) < 4.78 is 0. The van der Waals surface area contributed by atoms with E-state index in [9.17, 15) is 0 Å². The fraction of sp³-hybridized carbons (Fsp3) is 0. The standard InChI is InChI=1S/Ba.Ti.V.W.2H/q+2;;;;2*-1. The minimum absolute atomic E-state index is 0. The van der Waals surface area contributed by atoms with Crippen LogP contribution in [-0.4, -0.2) is 48.9 Å². The minimum atomic E-state index is 0. The zero-order chi connectivity index (χ0) is 0. The molecule has 0 aromatic carbocycles. The molecule has 0 nitrogen and oxygen atoms in total. The predicted octanol–water partition coefficient (Wildman–Crippen LogP) is -0.163. The largest absolute Gasteiger partial charge is 2.00 e. The summed E-state index contributed by atoms with van der Waals surface area (Å²) in [5.74, 6) is 0. The van der Waals surface area contributed by atoms with Crippen LogP contribution in [0.4, 0.5) is 0 Å². The summed E-state index contributed by atoms with van der Waals surface area (Å²) in [5, 5.41) is 0. The Labute approximate surface area is 110 Å². The van der Waals surface area contributed by atoms with E-state index in [1.165, 1.54) is 0 Å². The molecule has 0 amide bonds. The molecule has 0 fully saturated rings. The molecule has 1 radical (unpaired) electrons. The molecule has 4 heavy (non-hydrogen) atoms. The molecule has 0 N–H and O–H groups in total. The maximum Gasteiger partial charge on any atom is 2.00 e. The third-order valence-electron chi connectivity index (χ3n) is 0. The van der Waals surface area contributed by atoms with Crippen molar-refractivity contribution in [3.8, 4) is 0 Å². The molecule has 0 aromatic heterocycles. The summed E-state index contributed by atoms with van der Waals surface area (Å²) in [7, 11) is 0. The number of rotatable bonds is 0. The molecule has 0 atom stereocenters. The molecular formula is H2BaTiVW. The van der Waals surface area contributed by atoms with Gasteiger partial charge >= 0.3 is 48.9 Å². The van der Waals surface area contributed by atoms with Gasteiger partial charge in [0.15, 0.2) is 0 Å². The molecular weight excluding hydrogens is 420 g/mol. The summed E-state index contributed by atoms with van der Waals surface area (Å²) in [6, 6.07) is 0. The molecule has 4 heteroatoms. The van der Waals surface area contributed by atoms with Gasteiger partial charge in [0.1, 0.15) is 0 Å². The number of hydrogen-bond donors (Lipinski definition) is 0. The molecule has 19 valence electrons. The van der Waals surface area contributed by atoms with Gasteiger partial charge in [-0.15, -0.1) is 0 Å². The van der Waals surface area contributed by atoms with E-state index in [4.69, 9.17) is 0 Å². The van der Waals surface area contributed by atoms with Crippen LogP contribution in [0.2, 0.25) is 0 Å². The van der Waals surface area contributed by atoms with Gasteiger partial charge in [-0.05, 0) is 0 Å². The summed E-state index contributed by atoms with van der Waals surface area (Å²) in [6.45, 7) is 0. The van der Waals surface area contributed by atoms with E-state index >= 15 is 0 Å². The zero-order valence-electron chi connectivity index (χ0n) is 4.06. The van der Waals surface area contributed by atoms with Crippen molar-refractivity contribution >= 4 is 48.9 Å². The third kappa shape index (κ3) is 9.12. The molecule has 0 saturated carbocycles. The van der Waals surface area contributed by atoms with Crippen LogP contribution < -0.4 is 0 Å². The molecule has 0 aliphatic carbocycles. The first-order valence-electron chi connectivity index (χ1n) is 0. The Morgan fingerprint density at radius 3 is 1.25 bits per heavy atom. The fourth-order valence-corrected chi connectivity index (χ4v) is 0. The Bertz CT molecular complexity index is 13.5. The first-order chi connectivity index (χ1) is 0. The van der Waals surface area contributed by atoms with Crippen molar-refractivity contribution in [3.63, 3.8) is 0 Å². The Kier molecular flexibility index (Phi) is 103. The third-order valence-corrected chi connectivity index (χ3v) is 0. The van der Waals surface area contributed by atoms with Crippen LogP contribution in [-0.2, 0) is 61.3 Å². The van der Waals surface area contributed by atoms with Crippen LogP contribution in [0.3, 0.4) is 0 Å². The normalized spacial score (nSPS) is 0. The second kappa shape index (κ2) is 16.0. The first kappa shape index (κ1) is 25.7.